The molecule has 2 atom stereocenters. The van der Waals surface area contributed by atoms with Crippen LogP contribution in [0.2, 0.25) is 0 Å². The highest BCUT2D eigenvalue weighted by molar-refractivity contribution is 5.75. The predicted molar refractivity (Wildman–Crippen MR) is 112 cm³/mol. The normalized spacial score (nSPS) is 20.2. The van der Waals surface area contributed by atoms with Gasteiger partial charge < -0.3 is 20.4 Å². The summed E-state index contributed by atoms with van der Waals surface area (Å²) in [7, 11) is 0. The number of aliphatic carboxylic acids is 4. The number of rotatable bonds is 13. The zero-order valence-electron chi connectivity index (χ0n) is 18.3. The summed E-state index contributed by atoms with van der Waals surface area (Å²) in [6.45, 7) is 0.508. The lowest BCUT2D eigenvalue weighted by molar-refractivity contribution is -0.165. The van der Waals surface area contributed by atoms with Crippen LogP contribution in [0.4, 0.5) is 0 Å². The van der Waals surface area contributed by atoms with Gasteiger partial charge in [-0.1, -0.05) is 12.8 Å². The van der Waals surface area contributed by atoms with Gasteiger partial charge >= 0.3 is 23.9 Å². The van der Waals surface area contributed by atoms with E-state index >= 15 is 0 Å². The molecule has 2 aliphatic heterocycles. The quantitative estimate of drug-likeness (QED) is 0.282. The minimum absolute atomic E-state index is 0.0937. The molecule has 0 aromatic carbocycles. The minimum Gasteiger partial charge on any atom is -0.480 e. The summed E-state index contributed by atoms with van der Waals surface area (Å²) < 4.78 is 0. The molecule has 32 heavy (non-hydrogen) atoms. The molecule has 2 fully saturated rings. The highest BCUT2D eigenvalue weighted by Crippen LogP contribution is 2.22. The third kappa shape index (κ3) is 8.01. The largest absolute Gasteiger partial charge is 0.480 e. The molecule has 0 bridgehead atoms. The number of piperidine rings is 2. The van der Waals surface area contributed by atoms with Gasteiger partial charge in [0.05, 0.1) is 25.8 Å². The molecule has 12 heteroatoms. The Labute approximate surface area is 187 Å². The zero-order chi connectivity index (χ0) is 23.7. The lowest BCUT2D eigenvalue weighted by atomic mass is 10.1. The van der Waals surface area contributed by atoms with Crippen molar-refractivity contribution in [1.29, 1.82) is 0 Å². The molecular formula is C20H34N4O8. The molecular weight excluding hydrogens is 424 g/mol. The molecule has 0 spiro atoms. The maximum atomic E-state index is 12.4. The number of carbonyl (C=O) groups is 4. The Balaban J connectivity index is 2.42. The van der Waals surface area contributed by atoms with Gasteiger partial charge in [-0.2, -0.15) is 0 Å². The van der Waals surface area contributed by atoms with Gasteiger partial charge in [-0.3, -0.25) is 34.0 Å². The van der Waals surface area contributed by atoms with Crippen molar-refractivity contribution in [3.8, 4) is 0 Å². The SMILES string of the molecule is O=C(O)CN(CC(=O)O)CC(N1CCCCC1)N(CC(=O)O)C(C(=O)O)N1CCCCC1. The Morgan fingerprint density at radius 3 is 1.50 bits per heavy atom. The predicted octanol–water partition coefficient (Wildman–Crippen LogP) is -0.447. The van der Waals surface area contributed by atoms with Crippen LogP contribution < -0.4 is 0 Å². The monoisotopic (exact) mass is 458 g/mol. The first-order valence-corrected chi connectivity index (χ1v) is 11.0. The van der Waals surface area contributed by atoms with E-state index in [1.807, 2.05) is 4.90 Å². The second kappa shape index (κ2) is 12.7. The second-order valence-electron chi connectivity index (χ2n) is 8.41. The van der Waals surface area contributed by atoms with E-state index in [0.29, 0.717) is 26.2 Å². The standard InChI is InChI=1S/C20H34N4O8/c25-16(26)12-21(13-17(27)28)11-15(22-7-3-1-4-8-22)24(14-18(29)30)19(20(31)32)23-9-5-2-6-10-23/h15,19H,1-14H2,(H,25,26)(H,27,28)(H,29,30)(H,31,32). The van der Waals surface area contributed by atoms with Crippen LogP contribution in [0.15, 0.2) is 0 Å². The van der Waals surface area contributed by atoms with Crippen LogP contribution in [0.5, 0.6) is 0 Å². The van der Waals surface area contributed by atoms with Gasteiger partial charge in [0, 0.05) is 19.6 Å². The van der Waals surface area contributed by atoms with Crippen molar-refractivity contribution in [2.75, 3.05) is 52.4 Å². The maximum absolute atomic E-state index is 12.4. The van der Waals surface area contributed by atoms with Crippen molar-refractivity contribution in [1.82, 2.24) is 19.6 Å². The lowest BCUT2D eigenvalue weighted by Gasteiger charge is -2.47. The Morgan fingerprint density at radius 1 is 0.656 bits per heavy atom. The molecule has 2 saturated heterocycles. The van der Waals surface area contributed by atoms with E-state index in [-0.39, 0.29) is 6.54 Å². The highest BCUT2D eigenvalue weighted by atomic mass is 16.4. The number of carboxylic acid groups (broad SMARTS) is 4. The summed E-state index contributed by atoms with van der Waals surface area (Å²) in [5.41, 5.74) is 0. The van der Waals surface area contributed by atoms with Crippen LogP contribution >= 0.6 is 0 Å². The Kier molecular flexibility index (Phi) is 10.3. The third-order valence-electron chi connectivity index (χ3n) is 5.92. The van der Waals surface area contributed by atoms with Gasteiger partial charge in [0.1, 0.15) is 0 Å². The molecule has 4 N–H and O–H groups in total. The van der Waals surface area contributed by atoms with Crippen LogP contribution in [0.1, 0.15) is 38.5 Å². The maximum Gasteiger partial charge on any atom is 0.336 e. The van der Waals surface area contributed by atoms with Crippen LogP contribution in [0.25, 0.3) is 0 Å². The molecule has 2 aliphatic rings. The molecule has 0 saturated carbocycles. The lowest BCUT2D eigenvalue weighted by Crippen LogP contribution is -2.65. The first kappa shape index (κ1) is 26.0. The second-order valence-corrected chi connectivity index (χ2v) is 8.41. The number of nitrogens with zero attached hydrogens (tertiary/aromatic N) is 4. The highest BCUT2D eigenvalue weighted by Gasteiger charge is 2.41. The van der Waals surface area contributed by atoms with Crippen molar-refractivity contribution < 1.29 is 39.6 Å². The Hall–Kier alpha value is -2.28. The molecule has 2 unspecified atom stereocenters. The number of likely N-dealkylation sites (tertiary alicyclic amines) is 2. The molecule has 0 amide bonds. The van der Waals surface area contributed by atoms with E-state index in [0.717, 1.165) is 38.5 Å². The third-order valence-corrected chi connectivity index (χ3v) is 5.92. The minimum atomic E-state index is -1.21. The van der Waals surface area contributed by atoms with Gasteiger partial charge in [0.2, 0.25) is 0 Å². The van der Waals surface area contributed by atoms with Crippen molar-refractivity contribution >= 4 is 23.9 Å². The Bertz CT molecular complexity index is 648. The summed E-state index contributed by atoms with van der Waals surface area (Å²) in [5.74, 6) is -4.78. The average molecular weight is 459 g/mol. The van der Waals surface area contributed by atoms with E-state index in [9.17, 15) is 39.6 Å². The molecule has 12 nitrogen and oxygen atoms in total. The molecule has 0 aromatic heterocycles. The van der Waals surface area contributed by atoms with Gasteiger partial charge in [-0.25, -0.2) is 4.79 Å². The van der Waals surface area contributed by atoms with E-state index in [1.54, 1.807) is 4.90 Å². The summed E-state index contributed by atoms with van der Waals surface area (Å²) >= 11 is 0. The van der Waals surface area contributed by atoms with Crippen molar-refractivity contribution in [3.05, 3.63) is 0 Å². The number of hydrogen-bond acceptors (Lipinski definition) is 8. The first-order chi connectivity index (χ1) is 15.2. The fourth-order valence-electron chi connectivity index (χ4n) is 4.63. The molecule has 2 rings (SSSR count). The topological polar surface area (TPSA) is 162 Å². The molecule has 0 radical (unpaired) electrons. The number of carboxylic acids is 4. The smallest absolute Gasteiger partial charge is 0.336 e. The summed E-state index contributed by atoms with van der Waals surface area (Å²) in [5, 5.41) is 38.2. The number of hydrogen-bond donors (Lipinski definition) is 4. The van der Waals surface area contributed by atoms with E-state index < -0.39 is 55.8 Å². The van der Waals surface area contributed by atoms with Crippen LogP contribution in [-0.2, 0) is 19.2 Å². The van der Waals surface area contributed by atoms with Crippen LogP contribution in [-0.4, -0.2) is 129 Å². The van der Waals surface area contributed by atoms with Crippen molar-refractivity contribution in [2.24, 2.45) is 0 Å². The van der Waals surface area contributed by atoms with Gasteiger partial charge in [-0.15, -0.1) is 0 Å². The van der Waals surface area contributed by atoms with E-state index in [1.165, 1.54) is 9.80 Å². The van der Waals surface area contributed by atoms with Gasteiger partial charge in [0.15, 0.2) is 6.17 Å². The van der Waals surface area contributed by atoms with E-state index in [4.69, 9.17) is 0 Å². The van der Waals surface area contributed by atoms with Gasteiger partial charge in [0.25, 0.3) is 0 Å². The van der Waals surface area contributed by atoms with Crippen molar-refractivity contribution in [2.45, 2.75) is 50.9 Å². The van der Waals surface area contributed by atoms with Crippen LogP contribution in [0, 0.1) is 0 Å². The Morgan fingerprint density at radius 2 is 1.09 bits per heavy atom. The molecule has 0 aromatic rings. The zero-order valence-corrected chi connectivity index (χ0v) is 18.3. The van der Waals surface area contributed by atoms with E-state index in [2.05, 4.69) is 0 Å². The summed E-state index contributed by atoms with van der Waals surface area (Å²) in [6.07, 6.45) is 3.32. The fraction of sp³-hybridized carbons (Fsp3) is 0.800. The average Bonchev–Trinajstić information content (AvgIpc) is 2.71. The summed E-state index contributed by atoms with van der Waals surface area (Å²) in [6, 6.07) is 0. The molecule has 0 aliphatic carbocycles. The fourth-order valence-corrected chi connectivity index (χ4v) is 4.63. The molecule has 2 heterocycles. The first-order valence-electron chi connectivity index (χ1n) is 11.0. The van der Waals surface area contributed by atoms with Crippen LogP contribution in [0.3, 0.4) is 0 Å². The molecule has 182 valence electrons. The van der Waals surface area contributed by atoms with Gasteiger partial charge in [-0.05, 0) is 38.8 Å². The summed E-state index contributed by atoms with van der Waals surface area (Å²) in [4.78, 5) is 53.1. The van der Waals surface area contributed by atoms with Crippen molar-refractivity contribution in [3.63, 3.8) is 0 Å².